The van der Waals surface area contributed by atoms with Gasteiger partial charge in [0.1, 0.15) is 18.4 Å². The number of carbonyl (C=O) groups is 2. The normalized spacial score (nSPS) is 11.1. The molecule has 0 aliphatic carbocycles. The Kier molecular flexibility index (Phi) is 5.54. The first-order chi connectivity index (χ1) is 6.13. The number of ketones is 1. The number of methoxy groups -OCH3 is 1. The molecule has 0 aromatic rings. The highest BCUT2D eigenvalue weighted by Gasteiger charge is 2.17. The number of hydrogen-bond acceptors (Lipinski definition) is 4. The molecule has 5 heteroatoms. The van der Waals surface area contributed by atoms with Gasteiger partial charge < -0.3 is 14.6 Å². The van der Waals surface area contributed by atoms with Crippen LogP contribution in [0.2, 0.25) is 0 Å². The molecule has 0 aromatic heterocycles. The lowest BCUT2D eigenvalue weighted by Crippen LogP contribution is -2.17. The average molecular weight is 188 g/mol. The number of carboxylic acids is 1. The summed E-state index contributed by atoms with van der Waals surface area (Å²) >= 11 is 0. The van der Waals surface area contributed by atoms with E-state index < -0.39 is 17.3 Å². The SMILES string of the molecule is CCO/C=C(/C(=O)O)C(=O)COC. The van der Waals surface area contributed by atoms with Crippen molar-refractivity contribution in [3.63, 3.8) is 0 Å². The molecule has 0 heterocycles. The minimum atomic E-state index is -1.31. The molecule has 13 heavy (non-hydrogen) atoms. The topological polar surface area (TPSA) is 72.8 Å². The Morgan fingerprint density at radius 1 is 1.46 bits per heavy atom. The van der Waals surface area contributed by atoms with Crippen LogP contribution in [0.1, 0.15) is 6.92 Å². The molecule has 0 atom stereocenters. The molecular weight excluding hydrogens is 176 g/mol. The maximum absolute atomic E-state index is 11.0. The molecular formula is C8H12O5. The number of ether oxygens (including phenoxy) is 2. The number of rotatable bonds is 6. The van der Waals surface area contributed by atoms with Crippen LogP contribution in [-0.2, 0) is 19.1 Å². The van der Waals surface area contributed by atoms with E-state index >= 15 is 0 Å². The molecule has 0 spiro atoms. The first kappa shape index (κ1) is 11.6. The lowest BCUT2D eigenvalue weighted by atomic mass is 10.2. The van der Waals surface area contributed by atoms with Crippen LogP contribution in [0.25, 0.3) is 0 Å². The molecule has 0 unspecified atom stereocenters. The van der Waals surface area contributed by atoms with Gasteiger partial charge in [0, 0.05) is 7.11 Å². The largest absolute Gasteiger partial charge is 0.500 e. The fourth-order valence-corrected chi connectivity index (χ4v) is 0.611. The van der Waals surface area contributed by atoms with Gasteiger partial charge in [0.2, 0.25) is 0 Å². The smallest absolute Gasteiger partial charge is 0.342 e. The lowest BCUT2D eigenvalue weighted by molar-refractivity contribution is -0.135. The minimum Gasteiger partial charge on any atom is -0.500 e. The summed E-state index contributed by atoms with van der Waals surface area (Å²) in [6.45, 7) is 1.75. The van der Waals surface area contributed by atoms with Crippen LogP contribution in [0.4, 0.5) is 0 Å². The third-order valence-corrected chi connectivity index (χ3v) is 1.17. The summed E-state index contributed by atoms with van der Waals surface area (Å²) in [7, 11) is 1.32. The lowest BCUT2D eigenvalue weighted by Gasteiger charge is -2.00. The van der Waals surface area contributed by atoms with Gasteiger partial charge in [0.05, 0.1) is 6.61 Å². The van der Waals surface area contributed by atoms with Crippen molar-refractivity contribution in [1.29, 1.82) is 0 Å². The molecule has 1 N–H and O–H groups in total. The molecule has 0 saturated heterocycles. The van der Waals surface area contributed by atoms with Gasteiger partial charge in [-0.25, -0.2) is 4.79 Å². The predicted octanol–water partition coefficient (Wildman–Crippen LogP) is 0.207. The van der Waals surface area contributed by atoms with Crippen LogP contribution in [0.3, 0.4) is 0 Å². The zero-order valence-electron chi connectivity index (χ0n) is 7.57. The van der Waals surface area contributed by atoms with E-state index in [1.165, 1.54) is 7.11 Å². The fraction of sp³-hybridized carbons (Fsp3) is 0.500. The van der Waals surface area contributed by atoms with Crippen LogP contribution in [-0.4, -0.2) is 37.2 Å². The van der Waals surface area contributed by atoms with Crippen molar-refractivity contribution < 1.29 is 24.2 Å². The van der Waals surface area contributed by atoms with Gasteiger partial charge in [-0.15, -0.1) is 0 Å². The van der Waals surface area contributed by atoms with Crippen LogP contribution < -0.4 is 0 Å². The van der Waals surface area contributed by atoms with Gasteiger partial charge in [-0.1, -0.05) is 0 Å². The highest BCUT2D eigenvalue weighted by Crippen LogP contribution is 1.98. The van der Waals surface area contributed by atoms with Crippen molar-refractivity contribution >= 4 is 11.8 Å². The molecule has 5 nitrogen and oxygen atoms in total. The molecule has 0 aliphatic heterocycles. The second-order valence-corrected chi connectivity index (χ2v) is 2.15. The van der Waals surface area contributed by atoms with E-state index in [0.717, 1.165) is 6.26 Å². The van der Waals surface area contributed by atoms with Crippen LogP contribution in [0, 0.1) is 0 Å². The first-order valence-electron chi connectivity index (χ1n) is 3.70. The number of Topliss-reactive ketones (excluding diaryl/α,β-unsaturated/α-hetero) is 1. The van der Waals surface area contributed by atoms with Crippen molar-refractivity contribution in [2.24, 2.45) is 0 Å². The van der Waals surface area contributed by atoms with Crippen LogP contribution >= 0.6 is 0 Å². The first-order valence-corrected chi connectivity index (χ1v) is 3.70. The monoisotopic (exact) mass is 188 g/mol. The number of aliphatic carboxylic acids is 1. The Labute approximate surface area is 75.9 Å². The Hall–Kier alpha value is -1.36. The zero-order valence-corrected chi connectivity index (χ0v) is 7.57. The molecule has 0 rings (SSSR count). The summed E-state index contributed by atoms with van der Waals surface area (Å²) in [5.41, 5.74) is -0.399. The van der Waals surface area contributed by atoms with Crippen LogP contribution in [0.15, 0.2) is 11.8 Å². The van der Waals surface area contributed by atoms with E-state index in [0.29, 0.717) is 6.61 Å². The number of hydrogen-bond donors (Lipinski definition) is 1. The van der Waals surface area contributed by atoms with Gasteiger partial charge in [0.25, 0.3) is 0 Å². The van der Waals surface area contributed by atoms with Crippen molar-refractivity contribution in [2.45, 2.75) is 6.92 Å². The Balaban J connectivity index is 4.41. The number of carbonyl (C=O) groups excluding carboxylic acids is 1. The third kappa shape index (κ3) is 4.27. The van der Waals surface area contributed by atoms with Gasteiger partial charge in [-0.3, -0.25) is 4.79 Å². The molecule has 0 aliphatic rings. The average Bonchev–Trinajstić information content (AvgIpc) is 2.05. The highest BCUT2D eigenvalue weighted by molar-refractivity contribution is 6.16. The van der Waals surface area contributed by atoms with E-state index in [4.69, 9.17) is 9.84 Å². The highest BCUT2D eigenvalue weighted by atomic mass is 16.5. The van der Waals surface area contributed by atoms with E-state index in [-0.39, 0.29) is 6.61 Å². The molecule has 0 aromatic carbocycles. The molecule has 0 fully saturated rings. The quantitative estimate of drug-likeness (QED) is 0.279. The summed E-state index contributed by atoms with van der Waals surface area (Å²) in [4.78, 5) is 21.5. The molecule has 0 radical (unpaired) electrons. The van der Waals surface area contributed by atoms with E-state index in [1.54, 1.807) is 6.92 Å². The van der Waals surface area contributed by atoms with Crippen molar-refractivity contribution in [3.05, 3.63) is 11.8 Å². The summed E-state index contributed by atoms with van der Waals surface area (Å²) in [5.74, 6) is -1.92. The van der Waals surface area contributed by atoms with Gasteiger partial charge in [-0.05, 0) is 6.92 Å². The maximum atomic E-state index is 11.0. The number of carboxylic acid groups (broad SMARTS) is 1. The summed E-state index contributed by atoms with van der Waals surface area (Å²) < 4.78 is 9.21. The van der Waals surface area contributed by atoms with Gasteiger partial charge in [-0.2, -0.15) is 0 Å². The Morgan fingerprint density at radius 2 is 2.08 bits per heavy atom. The van der Waals surface area contributed by atoms with Crippen molar-refractivity contribution in [3.8, 4) is 0 Å². The Morgan fingerprint density at radius 3 is 2.46 bits per heavy atom. The molecule has 0 bridgehead atoms. The third-order valence-electron chi connectivity index (χ3n) is 1.17. The predicted molar refractivity (Wildman–Crippen MR) is 44.2 cm³/mol. The zero-order chi connectivity index (χ0) is 10.3. The summed E-state index contributed by atoms with van der Waals surface area (Å²) in [6, 6.07) is 0. The molecule has 0 amide bonds. The van der Waals surface area contributed by atoms with Crippen molar-refractivity contribution in [1.82, 2.24) is 0 Å². The second-order valence-electron chi connectivity index (χ2n) is 2.15. The standard InChI is InChI=1S/C8H12O5/c1-3-13-4-6(8(10)11)7(9)5-12-2/h4H,3,5H2,1-2H3,(H,10,11)/b6-4+. The van der Waals surface area contributed by atoms with E-state index in [1.807, 2.05) is 0 Å². The second kappa shape index (κ2) is 6.19. The fourth-order valence-electron chi connectivity index (χ4n) is 0.611. The van der Waals surface area contributed by atoms with Gasteiger partial charge >= 0.3 is 5.97 Å². The van der Waals surface area contributed by atoms with E-state index in [2.05, 4.69) is 4.74 Å². The summed E-state index contributed by atoms with van der Waals surface area (Å²) in [6.07, 6.45) is 0.934. The summed E-state index contributed by atoms with van der Waals surface area (Å²) in [5, 5.41) is 8.57. The maximum Gasteiger partial charge on any atom is 0.342 e. The van der Waals surface area contributed by atoms with Crippen molar-refractivity contribution in [2.75, 3.05) is 20.3 Å². The van der Waals surface area contributed by atoms with Gasteiger partial charge in [0.15, 0.2) is 5.78 Å². The molecule has 0 saturated carbocycles. The molecule has 74 valence electrons. The van der Waals surface area contributed by atoms with E-state index in [9.17, 15) is 9.59 Å². The van der Waals surface area contributed by atoms with Crippen LogP contribution in [0.5, 0.6) is 0 Å². The Bertz CT molecular complexity index is 219. The minimum absolute atomic E-state index is 0.259.